The fourth-order valence-electron chi connectivity index (χ4n) is 2.04. The molecule has 2 nitrogen and oxygen atoms in total. The number of benzene rings is 1. The summed E-state index contributed by atoms with van der Waals surface area (Å²) in [5.41, 5.74) is 9.30. The zero-order valence-corrected chi connectivity index (χ0v) is 9.97. The van der Waals surface area contributed by atoms with Crippen molar-refractivity contribution in [3.8, 4) is 0 Å². The van der Waals surface area contributed by atoms with Crippen LogP contribution in [0.4, 0.5) is 11.4 Å². The van der Waals surface area contributed by atoms with E-state index in [-0.39, 0.29) is 0 Å². The highest BCUT2D eigenvalue weighted by atomic mass is 79.9. The van der Waals surface area contributed by atoms with Gasteiger partial charge >= 0.3 is 0 Å². The van der Waals surface area contributed by atoms with Gasteiger partial charge in [0.25, 0.3) is 0 Å². The zero-order valence-electron chi connectivity index (χ0n) is 8.39. The number of hydrogen-bond acceptors (Lipinski definition) is 2. The first-order valence-corrected chi connectivity index (χ1v) is 5.78. The third kappa shape index (κ3) is 1.73. The van der Waals surface area contributed by atoms with E-state index in [2.05, 4.69) is 33.8 Å². The Morgan fingerprint density at radius 1 is 1.29 bits per heavy atom. The van der Waals surface area contributed by atoms with Gasteiger partial charge in [0, 0.05) is 17.6 Å². The second-order valence-corrected chi connectivity index (χ2v) is 4.73. The first kappa shape index (κ1) is 9.84. The van der Waals surface area contributed by atoms with Crippen LogP contribution in [-0.4, -0.2) is 13.1 Å². The van der Waals surface area contributed by atoms with Crippen LogP contribution in [-0.2, 0) is 0 Å². The van der Waals surface area contributed by atoms with Crippen LogP contribution in [0.3, 0.4) is 0 Å². The van der Waals surface area contributed by atoms with Crippen molar-refractivity contribution in [2.24, 2.45) is 0 Å². The number of rotatable bonds is 1. The third-order valence-electron chi connectivity index (χ3n) is 2.66. The van der Waals surface area contributed by atoms with Crippen LogP contribution < -0.4 is 10.6 Å². The zero-order chi connectivity index (χ0) is 10.1. The SMILES string of the molecule is Cc1cc(N)c(N2CCCC2)c(Br)c1. The Balaban J connectivity index is 2.40. The predicted octanol–water partition coefficient (Wildman–Crippen LogP) is 2.94. The minimum Gasteiger partial charge on any atom is -0.397 e. The van der Waals surface area contributed by atoms with E-state index in [1.54, 1.807) is 0 Å². The van der Waals surface area contributed by atoms with Gasteiger partial charge in [-0.25, -0.2) is 0 Å². The number of anilines is 2. The molecule has 1 aliphatic rings. The first-order valence-electron chi connectivity index (χ1n) is 4.99. The summed E-state index contributed by atoms with van der Waals surface area (Å²) in [4.78, 5) is 2.36. The standard InChI is InChI=1S/C11H15BrN2/c1-8-6-9(12)11(10(13)7-8)14-4-2-3-5-14/h6-7H,2-5,13H2,1H3. The van der Waals surface area contributed by atoms with Gasteiger partial charge in [-0.3, -0.25) is 0 Å². The maximum atomic E-state index is 6.03. The average Bonchev–Trinajstić information content (AvgIpc) is 2.54. The second-order valence-electron chi connectivity index (χ2n) is 3.88. The smallest absolute Gasteiger partial charge is 0.0744 e. The molecule has 0 unspecified atom stereocenters. The van der Waals surface area contributed by atoms with Gasteiger partial charge in [0.15, 0.2) is 0 Å². The molecule has 1 fully saturated rings. The van der Waals surface area contributed by atoms with Gasteiger partial charge < -0.3 is 10.6 Å². The van der Waals surface area contributed by atoms with Crippen LogP contribution >= 0.6 is 15.9 Å². The van der Waals surface area contributed by atoms with Gasteiger partial charge in [-0.15, -0.1) is 0 Å². The van der Waals surface area contributed by atoms with Gasteiger partial charge in [-0.2, -0.15) is 0 Å². The lowest BCUT2D eigenvalue weighted by molar-refractivity contribution is 0.949. The molecule has 14 heavy (non-hydrogen) atoms. The Labute approximate surface area is 93.2 Å². The summed E-state index contributed by atoms with van der Waals surface area (Å²) in [5, 5.41) is 0. The molecule has 0 bridgehead atoms. The van der Waals surface area contributed by atoms with E-state index < -0.39 is 0 Å². The van der Waals surface area contributed by atoms with Crippen molar-refractivity contribution in [3.63, 3.8) is 0 Å². The summed E-state index contributed by atoms with van der Waals surface area (Å²) in [5.74, 6) is 0. The summed E-state index contributed by atoms with van der Waals surface area (Å²) in [7, 11) is 0. The van der Waals surface area contributed by atoms with Gasteiger partial charge in [0.05, 0.1) is 11.4 Å². The predicted molar refractivity (Wildman–Crippen MR) is 64.7 cm³/mol. The highest BCUT2D eigenvalue weighted by molar-refractivity contribution is 9.10. The molecule has 1 heterocycles. The Kier molecular flexibility index (Phi) is 2.68. The van der Waals surface area contributed by atoms with Crippen molar-refractivity contribution in [2.75, 3.05) is 23.7 Å². The highest BCUT2D eigenvalue weighted by Crippen LogP contribution is 2.35. The highest BCUT2D eigenvalue weighted by Gasteiger charge is 2.17. The van der Waals surface area contributed by atoms with Crippen molar-refractivity contribution >= 4 is 27.3 Å². The minimum atomic E-state index is 0.888. The van der Waals surface area contributed by atoms with Crippen LogP contribution in [0.5, 0.6) is 0 Å². The van der Waals surface area contributed by atoms with E-state index in [1.165, 1.54) is 24.1 Å². The summed E-state index contributed by atoms with van der Waals surface area (Å²) < 4.78 is 1.12. The number of hydrogen-bond donors (Lipinski definition) is 1. The van der Waals surface area contributed by atoms with E-state index >= 15 is 0 Å². The van der Waals surface area contributed by atoms with Crippen molar-refractivity contribution in [2.45, 2.75) is 19.8 Å². The molecule has 0 aromatic heterocycles. The molecule has 2 N–H and O–H groups in total. The number of nitrogen functional groups attached to an aromatic ring is 1. The maximum Gasteiger partial charge on any atom is 0.0744 e. The molecule has 0 radical (unpaired) electrons. The molecule has 2 rings (SSSR count). The molecule has 1 aromatic rings. The van der Waals surface area contributed by atoms with E-state index in [9.17, 15) is 0 Å². The van der Waals surface area contributed by atoms with Crippen molar-refractivity contribution in [1.29, 1.82) is 0 Å². The minimum absolute atomic E-state index is 0.888. The molecular formula is C11H15BrN2. The summed E-state index contributed by atoms with van der Waals surface area (Å²) in [6.07, 6.45) is 2.56. The molecule has 1 saturated heterocycles. The number of aryl methyl sites for hydroxylation is 1. The molecule has 0 saturated carbocycles. The molecule has 0 atom stereocenters. The second kappa shape index (κ2) is 3.81. The fourth-order valence-corrected chi connectivity index (χ4v) is 2.88. The Morgan fingerprint density at radius 2 is 1.93 bits per heavy atom. The molecule has 1 aromatic carbocycles. The van der Waals surface area contributed by atoms with Gasteiger partial charge in [0.2, 0.25) is 0 Å². The van der Waals surface area contributed by atoms with E-state index in [4.69, 9.17) is 5.73 Å². The normalized spacial score (nSPS) is 16.3. The Morgan fingerprint density at radius 3 is 2.50 bits per heavy atom. The van der Waals surface area contributed by atoms with Crippen LogP contribution in [0.15, 0.2) is 16.6 Å². The van der Waals surface area contributed by atoms with Crippen LogP contribution in [0.25, 0.3) is 0 Å². The van der Waals surface area contributed by atoms with E-state index in [0.717, 1.165) is 23.2 Å². The molecule has 0 aliphatic carbocycles. The number of halogens is 1. The summed E-state index contributed by atoms with van der Waals surface area (Å²) in [6, 6.07) is 4.17. The maximum absolute atomic E-state index is 6.03. The molecular weight excluding hydrogens is 240 g/mol. The quantitative estimate of drug-likeness (QED) is 0.782. The number of nitrogens with two attached hydrogens (primary N) is 1. The van der Waals surface area contributed by atoms with Crippen molar-refractivity contribution < 1.29 is 0 Å². The van der Waals surface area contributed by atoms with Gasteiger partial charge in [0.1, 0.15) is 0 Å². The summed E-state index contributed by atoms with van der Waals surface area (Å²) in [6.45, 7) is 4.33. The Hall–Kier alpha value is -0.700. The lowest BCUT2D eigenvalue weighted by Crippen LogP contribution is -2.19. The molecule has 1 aliphatic heterocycles. The van der Waals surface area contributed by atoms with Gasteiger partial charge in [-0.1, -0.05) is 0 Å². The lowest BCUT2D eigenvalue weighted by Gasteiger charge is -2.21. The van der Waals surface area contributed by atoms with Crippen LogP contribution in [0.1, 0.15) is 18.4 Å². The molecule has 3 heteroatoms. The topological polar surface area (TPSA) is 29.3 Å². The monoisotopic (exact) mass is 254 g/mol. The van der Waals surface area contributed by atoms with Crippen LogP contribution in [0.2, 0.25) is 0 Å². The van der Waals surface area contributed by atoms with Crippen molar-refractivity contribution in [1.82, 2.24) is 0 Å². The number of nitrogens with zero attached hydrogens (tertiary/aromatic N) is 1. The fraction of sp³-hybridized carbons (Fsp3) is 0.455. The molecule has 0 amide bonds. The molecule has 0 spiro atoms. The lowest BCUT2D eigenvalue weighted by atomic mass is 10.2. The van der Waals surface area contributed by atoms with Gasteiger partial charge in [-0.05, 0) is 53.4 Å². The van der Waals surface area contributed by atoms with Crippen molar-refractivity contribution in [3.05, 3.63) is 22.2 Å². The average molecular weight is 255 g/mol. The Bertz CT molecular complexity index is 320. The van der Waals surface area contributed by atoms with E-state index in [0.29, 0.717) is 0 Å². The summed E-state index contributed by atoms with van der Waals surface area (Å²) >= 11 is 3.59. The molecule has 76 valence electrons. The third-order valence-corrected chi connectivity index (χ3v) is 3.26. The van der Waals surface area contributed by atoms with Crippen LogP contribution in [0, 0.1) is 6.92 Å². The van der Waals surface area contributed by atoms with E-state index in [1.807, 2.05) is 6.07 Å². The first-order chi connectivity index (χ1) is 6.68. The largest absolute Gasteiger partial charge is 0.397 e.